The summed E-state index contributed by atoms with van der Waals surface area (Å²) >= 11 is 6.39. The van der Waals surface area contributed by atoms with Crippen molar-refractivity contribution >= 4 is 33.5 Å². The number of pyridine rings is 1. The average Bonchev–Trinajstić information content (AvgIpc) is 3.17. The predicted molar refractivity (Wildman–Crippen MR) is 139 cm³/mol. The van der Waals surface area contributed by atoms with E-state index in [0.29, 0.717) is 0 Å². The summed E-state index contributed by atoms with van der Waals surface area (Å²) in [7, 11) is 0. The highest BCUT2D eigenvalue weighted by Gasteiger charge is 2.18. The Hall–Kier alpha value is -3.88. The largest absolute Gasteiger partial charge is 0.335 e. The molecule has 0 spiro atoms. The fraction of sp³-hybridized carbons (Fsp3) is 0.0333. The van der Waals surface area contributed by atoms with E-state index in [4.69, 9.17) is 16.6 Å². The lowest BCUT2D eigenvalue weighted by atomic mass is 9.98. The number of fused-ring (bicyclic) bond motifs is 3. The summed E-state index contributed by atoms with van der Waals surface area (Å²) in [5, 5.41) is 1.88. The molecule has 2 aromatic heterocycles. The first-order valence-corrected chi connectivity index (χ1v) is 11.4. The molecule has 0 saturated carbocycles. The molecule has 6 aromatic rings. The SMILES string of the molecule is Clc1cccc(-c2cc3c(nc2-c2ccccc2)c2ccccc2n3Cc2ccccc2)c1. The highest BCUT2D eigenvalue weighted by Crippen LogP contribution is 2.38. The fourth-order valence-electron chi connectivity index (χ4n) is 4.57. The van der Waals surface area contributed by atoms with E-state index in [9.17, 15) is 0 Å². The van der Waals surface area contributed by atoms with Crippen molar-refractivity contribution in [3.63, 3.8) is 0 Å². The van der Waals surface area contributed by atoms with Gasteiger partial charge in [0.2, 0.25) is 0 Å². The quantitative estimate of drug-likeness (QED) is 0.268. The summed E-state index contributed by atoms with van der Waals surface area (Å²) in [6, 6.07) is 39.8. The summed E-state index contributed by atoms with van der Waals surface area (Å²) < 4.78 is 2.37. The van der Waals surface area contributed by atoms with E-state index in [2.05, 4.69) is 95.6 Å². The molecule has 0 aliphatic carbocycles. The molecule has 3 heteroatoms. The molecular formula is C30H21ClN2. The van der Waals surface area contributed by atoms with Crippen LogP contribution in [0.5, 0.6) is 0 Å². The maximum atomic E-state index is 6.39. The maximum Gasteiger partial charge on any atom is 0.0967 e. The Morgan fingerprint density at radius 3 is 2.12 bits per heavy atom. The molecular weight excluding hydrogens is 424 g/mol. The van der Waals surface area contributed by atoms with Gasteiger partial charge in [0.25, 0.3) is 0 Å². The molecule has 2 nitrogen and oxygen atoms in total. The minimum atomic E-state index is 0.719. The third kappa shape index (κ3) is 3.59. The first-order chi connectivity index (χ1) is 16.3. The monoisotopic (exact) mass is 444 g/mol. The van der Waals surface area contributed by atoms with Gasteiger partial charge in [-0.05, 0) is 35.4 Å². The smallest absolute Gasteiger partial charge is 0.0967 e. The van der Waals surface area contributed by atoms with E-state index in [1.807, 2.05) is 24.3 Å². The second-order valence-corrected chi connectivity index (χ2v) is 8.65. The van der Waals surface area contributed by atoms with E-state index in [1.54, 1.807) is 0 Å². The highest BCUT2D eigenvalue weighted by atomic mass is 35.5. The van der Waals surface area contributed by atoms with Crippen LogP contribution in [0, 0.1) is 0 Å². The van der Waals surface area contributed by atoms with Crippen molar-refractivity contribution in [3.8, 4) is 22.4 Å². The van der Waals surface area contributed by atoms with E-state index in [0.717, 1.165) is 45.0 Å². The molecule has 0 N–H and O–H groups in total. The third-order valence-electron chi connectivity index (χ3n) is 6.11. The van der Waals surface area contributed by atoms with Crippen molar-refractivity contribution in [2.45, 2.75) is 6.54 Å². The van der Waals surface area contributed by atoms with Crippen molar-refractivity contribution in [3.05, 3.63) is 126 Å². The van der Waals surface area contributed by atoms with Crippen molar-refractivity contribution in [2.75, 3.05) is 0 Å². The van der Waals surface area contributed by atoms with Gasteiger partial charge in [0.05, 0.1) is 22.2 Å². The maximum absolute atomic E-state index is 6.39. The number of para-hydroxylation sites is 1. The third-order valence-corrected chi connectivity index (χ3v) is 6.34. The van der Waals surface area contributed by atoms with Crippen LogP contribution in [0.1, 0.15) is 5.56 Å². The number of hydrogen-bond donors (Lipinski definition) is 0. The van der Waals surface area contributed by atoms with Gasteiger partial charge >= 0.3 is 0 Å². The summed E-state index contributed by atoms with van der Waals surface area (Å²) in [4.78, 5) is 5.28. The van der Waals surface area contributed by atoms with Crippen LogP contribution in [0.2, 0.25) is 5.02 Å². The van der Waals surface area contributed by atoms with Gasteiger partial charge in [-0.3, -0.25) is 0 Å². The van der Waals surface area contributed by atoms with Gasteiger partial charge in [0.15, 0.2) is 0 Å². The lowest BCUT2D eigenvalue weighted by Gasteiger charge is -2.13. The molecule has 2 heterocycles. The molecule has 4 aromatic carbocycles. The Kier molecular flexibility index (Phi) is 4.93. The number of rotatable bonds is 4. The van der Waals surface area contributed by atoms with Gasteiger partial charge in [-0.15, -0.1) is 0 Å². The summed E-state index contributed by atoms with van der Waals surface area (Å²) in [6.45, 7) is 0.784. The number of hydrogen-bond acceptors (Lipinski definition) is 1. The number of halogens is 1. The Morgan fingerprint density at radius 2 is 1.33 bits per heavy atom. The van der Waals surface area contributed by atoms with Crippen LogP contribution in [-0.4, -0.2) is 9.55 Å². The molecule has 0 fully saturated rings. The predicted octanol–water partition coefficient (Wildman–Crippen LogP) is 8.23. The Morgan fingerprint density at radius 1 is 0.636 bits per heavy atom. The van der Waals surface area contributed by atoms with E-state index >= 15 is 0 Å². The van der Waals surface area contributed by atoms with Crippen LogP contribution >= 0.6 is 11.6 Å². The van der Waals surface area contributed by atoms with Gasteiger partial charge in [0.1, 0.15) is 0 Å². The fourth-order valence-corrected chi connectivity index (χ4v) is 4.76. The first kappa shape index (κ1) is 19.8. The van der Waals surface area contributed by atoms with E-state index in [1.165, 1.54) is 16.5 Å². The normalized spacial score (nSPS) is 11.3. The molecule has 0 unspecified atom stereocenters. The Bertz CT molecular complexity index is 1580. The van der Waals surface area contributed by atoms with Gasteiger partial charge in [-0.1, -0.05) is 103 Å². The number of aromatic nitrogens is 2. The standard InChI is InChI=1S/C30H21ClN2/c31-24-15-9-14-23(18-24)26-19-28-30(32-29(26)22-12-5-2-6-13-22)25-16-7-8-17-27(25)33(28)20-21-10-3-1-4-11-21/h1-19H,20H2. The molecule has 158 valence electrons. The number of benzene rings is 4. The second kappa shape index (κ2) is 8.23. The van der Waals surface area contributed by atoms with Crippen LogP contribution in [0.25, 0.3) is 44.3 Å². The molecule has 0 saturated heterocycles. The van der Waals surface area contributed by atoms with Crippen molar-refractivity contribution in [1.29, 1.82) is 0 Å². The first-order valence-electron chi connectivity index (χ1n) is 11.1. The highest BCUT2D eigenvalue weighted by molar-refractivity contribution is 6.30. The molecule has 0 radical (unpaired) electrons. The zero-order chi connectivity index (χ0) is 22.2. The van der Waals surface area contributed by atoms with Gasteiger partial charge in [0, 0.05) is 28.1 Å². The molecule has 0 atom stereocenters. The molecule has 0 aliphatic heterocycles. The van der Waals surface area contributed by atoms with Crippen LogP contribution in [0.3, 0.4) is 0 Å². The summed E-state index contributed by atoms with van der Waals surface area (Å²) in [5.74, 6) is 0. The van der Waals surface area contributed by atoms with Crippen LogP contribution in [0.15, 0.2) is 115 Å². The molecule has 33 heavy (non-hydrogen) atoms. The van der Waals surface area contributed by atoms with Crippen LogP contribution < -0.4 is 0 Å². The lowest BCUT2D eigenvalue weighted by Crippen LogP contribution is -2.00. The minimum Gasteiger partial charge on any atom is -0.335 e. The minimum absolute atomic E-state index is 0.719. The van der Waals surface area contributed by atoms with E-state index in [-0.39, 0.29) is 0 Å². The lowest BCUT2D eigenvalue weighted by molar-refractivity contribution is 0.868. The molecule has 0 amide bonds. The summed E-state index contributed by atoms with van der Waals surface area (Å²) in [6.07, 6.45) is 0. The van der Waals surface area contributed by atoms with Crippen molar-refractivity contribution in [2.24, 2.45) is 0 Å². The summed E-state index contributed by atoms with van der Waals surface area (Å²) in [5.41, 5.74) is 8.78. The van der Waals surface area contributed by atoms with Crippen LogP contribution in [0.4, 0.5) is 0 Å². The Labute approximate surface area is 197 Å². The van der Waals surface area contributed by atoms with E-state index < -0.39 is 0 Å². The van der Waals surface area contributed by atoms with Gasteiger partial charge < -0.3 is 4.57 Å². The molecule has 0 aliphatic rings. The number of nitrogens with zero attached hydrogens (tertiary/aromatic N) is 2. The van der Waals surface area contributed by atoms with Crippen LogP contribution in [-0.2, 0) is 6.54 Å². The molecule has 6 rings (SSSR count). The van der Waals surface area contributed by atoms with Crippen molar-refractivity contribution < 1.29 is 0 Å². The zero-order valence-corrected chi connectivity index (χ0v) is 18.7. The average molecular weight is 445 g/mol. The van der Waals surface area contributed by atoms with Gasteiger partial charge in [-0.2, -0.15) is 0 Å². The van der Waals surface area contributed by atoms with Crippen molar-refractivity contribution in [1.82, 2.24) is 9.55 Å². The zero-order valence-electron chi connectivity index (χ0n) is 17.9. The second-order valence-electron chi connectivity index (χ2n) is 8.22. The molecule has 0 bridgehead atoms. The topological polar surface area (TPSA) is 17.8 Å². The van der Waals surface area contributed by atoms with Gasteiger partial charge in [-0.25, -0.2) is 4.98 Å². The Balaban J connectivity index is 1.69.